The molecule has 0 bridgehead atoms. The Morgan fingerprint density at radius 2 is 1.03 bits per heavy atom. The molecule has 28 heteroatoms. The second kappa shape index (κ2) is 30.1. The van der Waals surface area contributed by atoms with Crippen LogP contribution in [0, 0.1) is 37.5 Å². The van der Waals surface area contributed by atoms with Gasteiger partial charge in [0.1, 0.15) is 71.8 Å². The predicted molar refractivity (Wildman–Crippen MR) is 344 cm³/mol. The van der Waals surface area contributed by atoms with Gasteiger partial charge in [0.05, 0.1) is 29.9 Å². The highest BCUT2D eigenvalue weighted by atomic mass is 16.6. The maximum Gasteiger partial charge on any atom is 0.329 e. The number of benzene rings is 2. The van der Waals surface area contributed by atoms with Crippen LogP contribution in [-0.4, -0.2) is 220 Å². The third-order valence-electron chi connectivity index (χ3n) is 19.7. The number of nitrogen functional groups attached to an aromatic ring is 1. The summed E-state index contributed by atoms with van der Waals surface area (Å²) in [6.45, 7) is 19.2. The van der Waals surface area contributed by atoms with Crippen molar-refractivity contribution in [3.05, 3.63) is 44.6 Å². The van der Waals surface area contributed by atoms with E-state index < -0.39 is 191 Å². The van der Waals surface area contributed by atoms with Crippen LogP contribution in [0.1, 0.15) is 152 Å². The number of likely N-dealkylation sites (N-methyl/N-ethyl adjacent to an activating group) is 4. The minimum absolute atomic E-state index is 0.0707. The molecule has 6 aliphatic rings. The SMILES string of the molecule is CC[C@H](C)[C@H]1C(=O)O[C@H](C)[C@H](NC(=O)c2c3nc4c(C(=O)N[C@@H]5C(=O)N[C@H]([C@@H](C)CC)C(=O)N6CCC[C@H]6C(=O)N(C)CC(=O)N(C)[C@@H]([C@@H](C)CC)C(=O)O[C@@H]5C)ccc(C)c4oc-3c(C)c(=O)c2N)C(=O)N[C@H]([C@@H](C)CC)C(=O)N2CCC[C@H]2C(=O)N(C)CC(=O)N1C. The summed E-state index contributed by atoms with van der Waals surface area (Å²) in [5, 5.41) is 10.9. The first kappa shape index (κ1) is 72.7. The van der Waals surface area contributed by atoms with Crippen LogP contribution in [0.5, 0.6) is 0 Å². The Balaban J connectivity index is 1.34. The van der Waals surface area contributed by atoms with Crippen LogP contribution in [0.3, 0.4) is 0 Å². The molecule has 0 spiro atoms. The standard InChI is InChI=1S/C66H94N12O16/c1-17-31(5)46-63(88)77-27-21-23-40(77)61(86)73(13)29-42(79)75(15)52(33(7)19-3)65(90)92-37(11)48(59(84)69-46)71-57(82)39-26-25-35(9)55-50(39)68-51-44(45(67)54(81)36(10)56(51)94-55)58(83)72-49-38(12)93-66(91)53(34(8)20-4)76(16)43(80)30-74(14)62(87)41-24-22-28-78(41)64(89)47(32(6)18-2)70-60(49)85/h25-26,31-34,37-38,40-41,46-49,52-53H,17-24,27-30,67H2,1-16H3,(H,69,84)(H,70,85)(H,71,82)(H,72,83)/t31-,32-,33-,34-,37+,38+,40-,41-,46+,47+,48-,49-,52-,53-/m0/s1. The molecule has 4 saturated heterocycles. The largest absolute Gasteiger partial charge is 0.458 e. The van der Waals surface area contributed by atoms with Crippen LogP contribution < -0.4 is 32.4 Å². The molecule has 10 amide bonds. The van der Waals surface area contributed by atoms with Crippen molar-refractivity contribution >= 4 is 87.8 Å². The van der Waals surface area contributed by atoms with Gasteiger partial charge in [-0.05, 0) is 88.7 Å². The van der Waals surface area contributed by atoms with Crippen LogP contribution in [-0.2, 0) is 57.4 Å². The van der Waals surface area contributed by atoms with Crippen LogP contribution >= 0.6 is 0 Å². The average molecular weight is 1310 g/mol. The number of nitrogens with two attached hydrogens (primary N) is 1. The summed E-state index contributed by atoms with van der Waals surface area (Å²) < 4.78 is 18.5. The molecule has 514 valence electrons. The van der Waals surface area contributed by atoms with Gasteiger partial charge in [-0.2, -0.15) is 0 Å². The fourth-order valence-corrected chi connectivity index (χ4v) is 12.9. The Morgan fingerprint density at radius 1 is 0.617 bits per heavy atom. The van der Waals surface area contributed by atoms with E-state index in [1.807, 2.05) is 13.8 Å². The number of carbonyl (C=O) groups excluding carboxylic acids is 12. The third kappa shape index (κ3) is 14.6. The molecule has 1 aliphatic carbocycles. The highest BCUT2D eigenvalue weighted by Gasteiger charge is 2.47. The zero-order valence-corrected chi connectivity index (χ0v) is 57.0. The lowest BCUT2D eigenvalue weighted by atomic mass is 9.96. The van der Waals surface area contributed by atoms with Gasteiger partial charge in [-0.1, -0.05) is 87.1 Å². The number of nitrogens with zero attached hydrogens (tertiary/aromatic N) is 7. The van der Waals surface area contributed by atoms with Crippen LogP contribution in [0.4, 0.5) is 5.69 Å². The van der Waals surface area contributed by atoms with Crippen LogP contribution in [0.2, 0.25) is 0 Å². The van der Waals surface area contributed by atoms with E-state index in [9.17, 15) is 43.2 Å². The number of ether oxygens (including phenoxy) is 2. The normalized spacial score (nSPS) is 26.8. The first-order valence-corrected chi connectivity index (χ1v) is 32.7. The van der Waals surface area contributed by atoms with Gasteiger partial charge >= 0.3 is 11.9 Å². The maximum absolute atomic E-state index is 15.3. The van der Waals surface area contributed by atoms with E-state index in [4.69, 9.17) is 24.6 Å². The van der Waals surface area contributed by atoms with Gasteiger partial charge < -0.3 is 70.3 Å². The summed E-state index contributed by atoms with van der Waals surface area (Å²) in [4.78, 5) is 202. The molecule has 1 aromatic rings. The van der Waals surface area contributed by atoms with Gasteiger partial charge in [0.25, 0.3) is 11.8 Å². The van der Waals surface area contributed by atoms with E-state index in [0.29, 0.717) is 44.1 Å². The second-order valence-electron chi connectivity index (χ2n) is 26.1. The summed E-state index contributed by atoms with van der Waals surface area (Å²) in [5.41, 5.74) is 3.68. The Labute approximate surface area is 547 Å². The molecule has 28 nitrogen and oxygen atoms in total. The van der Waals surface area contributed by atoms with Gasteiger partial charge in [-0.3, -0.25) is 52.7 Å². The van der Waals surface area contributed by atoms with Crippen molar-refractivity contribution in [3.63, 3.8) is 0 Å². The first-order valence-electron chi connectivity index (χ1n) is 32.7. The Morgan fingerprint density at radius 3 is 1.45 bits per heavy atom. The summed E-state index contributed by atoms with van der Waals surface area (Å²) in [6, 6.07) is -7.83. The molecule has 0 saturated carbocycles. The smallest absolute Gasteiger partial charge is 0.329 e. The lowest BCUT2D eigenvalue weighted by molar-refractivity contribution is -0.163. The zero-order chi connectivity index (χ0) is 69.8. The number of aromatic nitrogens is 1. The molecule has 94 heavy (non-hydrogen) atoms. The summed E-state index contributed by atoms with van der Waals surface area (Å²) >= 11 is 0. The van der Waals surface area contributed by atoms with Crippen molar-refractivity contribution < 1.29 is 71.4 Å². The van der Waals surface area contributed by atoms with Gasteiger partial charge in [0.2, 0.25) is 52.7 Å². The van der Waals surface area contributed by atoms with E-state index in [2.05, 4.69) is 21.3 Å². The van der Waals surface area contributed by atoms with Crippen molar-refractivity contribution in [1.29, 1.82) is 0 Å². The number of rotatable bonds is 12. The second-order valence-corrected chi connectivity index (χ2v) is 26.1. The molecule has 0 unspecified atom stereocenters. The summed E-state index contributed by atoms with van der Waals surface area (Å²) in [7, 11) is 5.67. The number of hydrogen-bond donors (Lipinski definition) is 5. The highest BCUT2D eigenvalue weighted by molar-refractivity contribution is 6.10. The number of amides is 10. The number of aryl methyl sites for hydroxylation is 1. The van der Waals surface area contributed by atoms with Gasteiger partial charge in [-0.15, -0.1) is 0 Å². The van der Waals surface area contributed by atoms with E-state index in [1.54, 1.807) is 48.5 Å². The van der Waals surface area contributed by atoms with E-state index in [1.165, 1.54) is 85.6 Å². The predicted octanol–water partition coefficient (Wildman–Crippen LogP) is 2.29. The Hall–Kier alpha value is -8.72. The molecule has 5 heterocycles. The minimum atomic E-state index is -1.88. The lowest BCUT2D eigenvalue weighted by Crippen LogP contribution is -2.61. The highest BCUT2D eigenvalue weighted by Crippen LogP contribution is 2.36. The Kier molecular flexibility index (Phi) is 23.3. The molecule has 0 aromatic heterocycles. The van der Waals surface area contributed by atoms with Crippen LogP contribution in [0.15, 0.2) is 21.3 Å². The number of nitrogens with one attached hydrogen (secondary N) is 4. The Bertz CT molecular complexity index is 3500. The number of cyclic esters (lactones) is 2. The molecule has 7 rings (SSSR count). The fraction of sp³-hybridized carbons (Fsp3) is 0.636. The number of hydrogen-bond acceptors (Lipinski definition) is 18. The monoisotopic (exact) mass is 1310 g/mol. The molecule has 1 aromatic carbocycles. The number of fused-ring (bicyclic) bond motifs is 4. The molecular weight excluding hydrogens is 1220 g/mol. The number of carbonyl (C=O) groups is 12. The van der Waals surface area contributed by atoms with Crippen molar-refractivity contribution in [2.45, 2.75) is 195 Å². The summed E-state index contributed by atoms with van der Waals surface area (Å²) in [6.07, 6.45) is -0.146. The van der Waals surface area contributed by atoms with Crippen LogP contribution in [0.25, 0.3) is 22.6 Å². The molecule has 5 aliphatic heterocycles. The van der Waals surface area contributed by atoms with E-state index in [-0.39, 0.29) is 53.9 Å². The molecule has 14 atom stereocenters. The molecule has 4 fully saturated rings. The molecular formula is C66H94N12O16. The number of anilines is 1. The van der Waals surface area contributed by atoms with Crippen molar-refractivity contribution in [2.75, 3.05) is 60.1 Å². The summed E-state index contributed by atoms with van der Waals surface area (Å²) in [5.74, 6) is -12.0. The van der Waals surface area contributed by atoms with E-state index in [0.717, 1.165) is 4.90 Å². The lowest BCUT2D eigenvalue weighted by Gasteiger charge is -2.36. The third-order valence-corrected chi connectivity index (χ3v) is 19.7. The molecule has 0 radical (unpaired) electrons. The van der Waals surface area contributed by atoms with Gasteiger partial charge in [0.15, 0.2) is 11.3 Å². The van der Waals surface area contributed by atoms with Gasteiger partial charge in [-0.25, -0.2) is 14.6 Å². The van der Waals surface area contributed by atoms with Crippen molar-refractivity contribution in [3.8, 4) is 11.5 Å². The van der Waals surface area contributed by atoms with Crippen molar-refractivity contribution in [2.24, 2.45) is 23.7 Å². The molecule has 6 N–H and O–H groups in total. The quantitative estimate of drug-likeness (QED) is 0.0986. The van der Waals surface area contributed by atoms with Gasteiger partial charge in [0, 0.05) is 46.8 Å². The van der Waals surface area contributed by atoms with Crippen molar-refractivity contribution in [1.82, 2.24) is 55.7 Å². The number of esters is 2. The fourth-order valence-electron chi connectivity index (χ4n) is 12.9. The maximum atomic E-state index is 15.3. The minimum Gasteiger partial charge on any atom is -0.458 e. The topological polar surface area (TPSA) is 360 Å². The first-order chi connectivity index (χ1) is 44.3. The van der Waals surface area contributed by atoms with E-state index >= 15 is 19.2 Å². The average Bonchev–Trinajstić information content (AvgIpc) is 0.889. The zero-order valence-electron chi connectivity index (χ0n) is 57.0.